The van der Waals surface area contributed by atoms with Crippen molar-refractivity contribution < 1.29 is 9.21 Å². The predicted molar refractivity (Wildman–Crippen MR) is 117 cm³/mol. The van der Waals surface area contributed by atoms with Crippen molar-refractivity contribution in [2.45, 2.75) is 19.4 Å². The highest BCUT2D eigenvalue weighted by Crippen LogP contribution is 2.42. The van der Waals surface area contributed by atoms with Crippen LogP contribution in [-0.4, -0.2) is 16.1 Å². The maximum Gasteiger partial charge on any atom is 0.297 e. The standard InChI is InChI=1S/C21H13Cl2N3O3S/c1-2-15-24-25-21(30-15)26-17(10-3-5-11(22)6-4-10)16-18(27)13-9-12(23)7-8-14(13)29-19(16)20(26)28/h3-9,17H,2H2,1H3. The number of aromatic nitrogens is 2. The third-order valence-electron chi connectivity index (χ3n) is 4.98. The van der Waals surface area contributed by atoms with Crippen LogP contribution in [0.15, 0.2) is 51.7 Å². The molecule has 30 heavy (non-hydrogen) atoms. The zero-order chi connectivity index (χ0) is 21.0. The monoisotopic (exact) mass is 457 g/mol. The molecular weight excluding hydrogens is 445 g/mol. The summed E-state index contributed by atoms with van der Waals surface area (Å²) in [5.74, 6) is -0.430. The number of nitrogens with zero attached hydrogens (tertiary/aromatic N) is 3. The molecule has 3 heterocycles. The Hall–Kier alpha value is -2.74. The summed E-state index contributed by atoms with van der Waals surface area (Å²) in [6, 6.07) is 11.1. The predicted octanol–water partition coefficient (Wildman–Crippen LogP) is 5.26. The Morgan fingerprint density at radius 2 is 1.80 bits per heavy atom. The van der Waals surface area contributed by atoms with Crippen LogP contribution in [0.2, 0.25) is 10.0 Å². The number of carbonyl (C=O) groups excluding carboxylic acids is 1. The topological polar surface area (TPSA) is 76.3 Å². The molecule has 2 aromatic heterocycles. The molecule has 1 aliphatic heterocycles. The number of carbonyl (C=O) groups is 1. The number of benzene rings is 2. The molecule has 4 aromatic rings. The first-order chi connectivity index (χ1) is 14.5. The van der Waals surface area contributed by atoms with Gasteiger partial charge in [0.1, 0.15) is 10.6 Å². The van der Waals surface area contributed by atoms with E-state index >= 15 is 0 Å². The van der Waals surface area contributed by atoms with Gasteiger partial charge in [0.15, 0.2) is 5.43 Å². The van der Waals surface area contributed by atoms with Crippen LogP contribution in [0.1, 0.15) is 39.7 Å². The fourth-order valence-electron chi connectivity index (χ4n) is 3.59. The number of hydrogen-bond donors (Lipinski definition) is 0. The van der Waals surface area contributed by atoms with Gasteiger partial charge in [-0.3, -0.25) is 14.5 Å². The van der Waals surface area contributed by atoms with Gasteiger partial charge in [0.05, 0.1) is 17.0 Å². The quantitative estimate of drug-likeness (QED) is 0.419. The minimum Gasteiger partial charge on any atom is -0.450 e. The van der Waals surface area contributed by atoms with Crippen molar-refractivity contribution in [1.82, 2.24) is 10.2 Å². The van der Waals surface area contributed by atoms with Crippen LogP contribution in [-0.2, 0) is 6.42 Å². The third-order valence-corrected chi connectivity index (χ3v) is 6.54. The fourth-order valence-corrected chi connectivity index (χ4v) is 4.69. The highest BCUT2D eigenvalue weighted by atomic mass is 35.5. The lowest BCUT2D eigenvalue weighted by molar-refractivity contribution is 0.0970. The van der Waals surface area contributed by atoms with E-state index in [4.69, 9.17) is 27.6 Å². The third kappa shape index (κ3) is 2.93. The Morgan fingerprint density at radius 3 is 2.50 bits per heavy atom. The first kappa shape index (κ1) is 19.2. The van der Waals surface area contributed by atoms with Crippen LogP contribution >= 0.6 is 34.5 Å². The molecule has 2 aromatic carbocycles. The first-order valence-corrected chi connectivity index (χ1v) is 10.7. The molecule has 9 heteroatoms. The molecule has 1 unspecified atom stereocenters. The minimum absolute atomic E-state index is 0.00280. The smallest absolute Gasteiger partial charge is 0.297 e. The number of hydrogen-bond acceptors (Lipinski definition) is 6. The molecular formula is C21H13Cl2N3O3S. The summed E-state index contributed by atoms with van der Waals surface area (Å²) < 4.78 is 5.89. The second kappa shape index (κ2) is 7.19. The molecule has 0 saturated heterocycles. The summed E-state index contributed by atoms with van der Waals surface area (Å²) in [5.41, 5.74) is 0.975. The summed E-state index contributed by atoms with van der Waals surface area (Å²) in [4.78, 5) is 28.3. The van der Waals surface area contributed by atoms with Crippen LogP contribution in [0, 0.1) is 0 Å². The Balaban J connectivity index is 1.80. The number of fused-ring (bicyclic) bond motifs is 2. The van der Waals surface area contributed by atoms with E-state index in [2.05, 4.69) is 10.2 Å². The van der Waals surface area contributed by atoms with E-state index in [9.17, 15) is 9.59 Å². The van der Waals surface area contributed by atoms with Crippen molar-refractivity contribution in [3.8, 4) is 0 Å². The van der Waals surface area contributed by atoms with Crippen molar-refractivity contribution in [2.24, 2.45) is 0 Å². The van der Waals surface area contributed by atoms with Gasteiger partial charge in [0.2, 0.25) is 10.9 Å². The molecule has 0 aliphatic carbocycles. The van der Waals surface area contributed by atoms with Gasteiger partial charge in [-0.1, -0.05) is 53.6 Å². The van der Waals surface area contributed by atoms with Crippen molar-refractivity contribution in [3.63, 3.8) is 0 Å². The molecule has 0 spiro atoms. The zero-order valence-electron chi connectivity index (χ0n) is 15.6. The van der Waals surface area contributed by atoms with E-state index in [-0.39, 0.29) is 16.8 Å². The number of rotatable bonds is 3. The Bertz CT molecular complexity index is 1360. The van der Waals surface area contributed by atoms with Gasteiger partial charge >= 0.3 is 0 Å². The molecule has 0 N–H and O–H groups in total. The highest BCUT2D eigenvalue weighted by molar-refractivity contribution is 7.15. The van der Waals surface area contributed by atoms with Gasteiger partial charge in [-0.2, -0.15) is 0 Å². The molecule has 1 amide bonds. The van der Waals surface area contributed by atoms with Gasteiger partial charge in [0, 0.05) is 10.0 Å². The maximum atomic E-state index is 13.5. The van der Waals surface area contributed by atoms with Crippen molar-refractivity contribution >= 4 is 56.5 Å². The summed E-state index contributed by atoms with van der Waals surface area (Å²) in [5, 5.41) is 10.8. The number of halogens is 2. The molecule has 0 bridgehead atoms. The van der Waals surface area contributed by atoms with Gasteiger partial charge in [0.25, 0.3) is 5.91 Å². The summed E-state index contributed by atoms with van der Waals surface area (Å²) in [6.07, 6.45) is 0.692. The van der Waals surface area contributed by atoms with Crippen LogP contribution in [0.4, 0.5) is 5.13 Å². The molecule has 0 saturated carbocycles. The summed E-state index contributed by atoms with van der Waals surface area (Å²) in [7, 11) is 0. The van der Waals surface area contributed by atoms with Crippen LogP contribution < -0.4 is 10.3 Å². The number of amides is 1. The lowest BCUT2D eigenvalue weighted by Gasteiger charge is -2.22. The van der Waals surface area contributed by atoms with Gasteiger partial charge < -0.3 is 4.42 Å². The second-order valence-electron chi connectivity index (χ2n) is 6.78. The van der Waals surface area contributed by atoms with Crippen LogP contribution in [0.5, 0.6) is 0 Å². The van der Waals surface area contributed by atoms with Gasteiger partial charge in [-0.15, -0.1) is 10.2 Å². The van der Waals surface area contributed by atoms with E-state index < -0.39 is 11.9 Å². The number of aryl methyl sites for hydroxylation is 1. The van der Waals surface area contributed by atoms with E-state index in [0.29, 0.717) is 38.1 Å². The lowest BCUT2D eigenvalue weighted by atomic mass is 9.99. The zero-order valence-corrected chi connectivity index (χ0v) is 17.9. The summed E-state index contributed by atoms with van der Waals surface area (Å²) in [6.45, 7) is 1.96. The molecule has 1 aliphatic rings. The Morgan fingerprint density at radius 1 is 1.07 bits per heavy atom. The molecule has 1 atom stereocenters. The average molecular weight is 458 g/mol. The average Bonchev–Trinajstić information content (AvgIpc) is 3.32. The van der Waals surface area contributed by atoms with E-state index in [1.165, 1.54) is 16.2 Å². The van der Waals surface area contributed by atoms with Crippen molar-refractivity contribution in [1.29, 1.82) is 0 Å². The molecule has 0 radical (unpaired) electrons. The molecule has 6 nitrogen and oxygen atoms in total. The van der Waals surface area contributed by atoms with Crippen LogP contribution in [0.3, 0.4) is 0 Å². The largest absolute Gasteiger partial charge is 0.450 e. The van der Waals surface area contributed by atoms with Crippen molar-refractivity contribution in [3.05, 3.63) is 84.6 Å². The fraction of sp³-hybridized carbons (Fsp3) is 0.143. The Labute approximate surface area is 184 Å². The highest BCUT2D eigenvalue weighted by Gasteiger charge is 2.45. The molecule has 5 rings (SSSR count). The SMILES string of the molecule is CCc1nnc(N2C(=O)c3oc4ccc(Cl)cc4c(=O)c3C2c2ccc(Cl)cc2)s1. The lowest BCUT2D eigenvalue weighted by Crippen LogP contribution is -2.29. The van der Waals surface area contributed by atoms with E-state index in [1.807, 2.05) is 6.92 Å². The second-order valence-corrected chi connectivity index (χ2v) is 8.69. The van der Waals surface area contributed by atoms with Crippen molar-refractivity contribution in [2.75, 3.05) is 4.90 Å². The van der Waals surface area contributed by atoms with Crippen LogP contribution in [0.25, 0.3) is 11.0 Å². The number of anilines is 1. The molecule has 0 fully saturated rings. The van der Waals surface area contributed by atoms with E-state index in [0.717, 1.165) is 5.01 Å². The maximum absolute atomic E-state index is 13.5. The first-order valence-electron chi connectivity index (χ1n) is 9.15. The Kier molecular flexibility index (Phi) is 4.61. The van der Waals surface area contributed by atoms with Gasteiger partial charge in [-0.25, -0.2) is 0 Å². The summed E-state index contributed by atoms with van der Waals surface area (Å²) >= 11 is 13.5. The normalized spacial score (nSPS) is 15.8. The van der Waals surface area contributed by atoms with E-state index in [1.54, 1.807) is 42.5 Å². The van der Waals surface area contributed by atoms with Gasteiger partial charge in [-0.05, 0) is 42.3 Å². The minimum atomic E-state index is -0.706. The molecule has 150 valence electrons.